The highest BCUT2D eigenvalue weighted by Crippen LogP contribution is 2.22. The summed E-state index contributed by atoms with van der Waals surface area (Å²) < 4.78 is 0. The number of amides is 1. The van der Waals surface area contributed by atoms with Crippen molar-refractivity contribution < 1.29 is 4.79 Å². The number of nitrogens with zero attached hydrogens (tertiary/aromatic N) is 2. The summed E-state index contributed by atoms with van der Waals surface area (Å²) in [6.07, 6.45) is 5.29. The van der Waals surface area contributed by atoms with Crippen molar-refractivity contribution >= 4 is 17.2 Å². The molecule has 1 N–H and O–H groups in total. The van der Waals surface area contributed by atoms with Crippen LogP contribution in [0.2, 0.25) is 0 Å². The van der Waals surface area contributed by atoms with Crippen LogP contribution >= 0.6 is 11.3 Å². The fourth-order valence-electron chi connectivity index (χ4n) is 2.71. The molecule has 1 fully saturated rings. The lowest BCUT2D eigenvalue weighted by atomic mass is 10.2. The molecule has 0 radical (unpaired) electrons. The molecule has 2 aromatic heterocycles. The summed E-state index contributed by atoms with van der Waals surface area (Å²) in [7, 11) is 0. The monoisotopic (exact) mass is 315 g/mol. The predicted molar refractivity (Wildman–Crippen MR) is 90.2 cm³/mol. The molecule has 3 heterocycles. The third-order valence-corrected chi connectivity index (χ3v) is 4.83. The SMILES string of the molecule is O=C(NCCCN1CCCC1)c1ccc(-c2cccs2)nc1. The Morgan fingerprint density at radius 3 is 2.82 bits per heavy atom. The molecule has 116 valence electrons. The zero-order valence-corrected chi connectivity index (χ0v) is 13.4. The Morgan fingerprint density at radius 2 is 2.14 bits per heavy atom. The number of pyridine rings is 1. The smallest absolute Gasteiger partial charge is 0.252 e. The zero-order chi connectivity index (χ0) is 15.2. The van der Waals surface area contributed by atoms with Gasteiger partial charge in [0.1, 0.15) is 0 Å². The molecule has 0 spiro atoms. The van der Waals surface area contributed by atoms with Crippen molar-refractivity contribution in [3.8, 4) is 10.6 Å². The maximum absolute atomic E-state index is 12.1. The van der Waals surface area contributed by atoms with Crippen LogP contribution in [0.25, 0.3) is 10.6 Å². The number of thiophene rings is 1. The Kier molecular flexibility index (Phi) is 5.19. The normalized spacial score (nSPS) is 15.1. The summed E-state index contributed by atoms with van der Waals surface area (Å²) in [6.45, 7) is 4.22. The highest BCUT2D eigenvalue weighted by Gasteiger charge is 2.11. The molecule has 2 aromatic rings. The van der Waals surface area contributed by atoms with E-state index in [4.69, 9.17) is 0 Å². The molecule has 5 heteroatoms. The summed E-state index contributed by atoms with van der Waals surface area (Å²) in [5.74, 6) is -0.0355. The average Bonchev–Trinajstić information content (AvgIpc) is 3.25. The van der Waals surface area contributed by atoms with Crippen molar-refractivity contribution in [1.29, 1.82) is 0 Å². The molecule has 1 aliphatic heterocycles. The summed E-state index contributed by atoms with van der Waals surface area (Å²) in [5.41, 5.74) is 1.54. The van der Waals surface area contributed by atoms with Crippen LogP contribution in [-0.4, -0.2) is 42.0 Å². The topological polar surface area (TPSA) is 45.2 Å². The van der Waals surface area contributed by atoms with Crippen molar-refractivity contribution in [3.05, 3.63) is 41.4 Å². The first-order valence-corrected chi connectivity index (χ1v) is 8.71. The van der Waals surface area contributed by atoms with E-state index in [-0.39, 0.29) is 5.91 Å². The Balaban J connectivity index is 1.45. The van der Waals surface area contributed by atoms with Gasteiger partial charge in [-0.3, -0.25) is 9.78 Å². The number of hydrogen-bond donors (Lipinski definition) is 1. The van der Waals surface area contributed by atoms with Crippen LogP contribution < -0.4 is 5.32 Å². The van der Waals surface area contributed by atoms with E-state index in [9.17, 15) is 4.79 Å². The Morgan fingerprint density at radius 1 is 1.27 bits per heavy atom. The van der Waals surface area contributed by atoms with Gasteiger partial charge in [0.2, 0.25) is 0 Å². The van der Waals surface area contributed by atoms with Gasteiger partial charge < -0.3 is 10.2 Å². The van der Waals surface area contributed by atoms with Gasteiger partial charge in [-0.15, -0.1) is 11.3 Å². The predicted octanol–water partition coefficient (Wildman–Crippen LogP) is 3.03. The largest absolute Gasteiger partial charge is 0.352 e. The summed E-state index contributed by atoms with van der Waals surface area (Å²) in [4.78, 5) is 20.0. The van der Waals surface area contributed by atoms with Crippen LogP contribution in [0, 0.1) is 0 Å². The Hall–Kier alpha value is -1.72. The molecule has 0 saturated carbocycles. The minimum atomic E-state index is -0.0355. The fraction of sp³-hybridized carbons (Fsp3) is 0.412. The van der Waals surface area contributed by atoms with Crippen LogP contribution in [-0.2, 0) is 0 Å². The highest BCUT2D eigenvalue weighted by atomic mass is 32.1. The van der Waals surface area contributed by atoms with Crippen LogP contribution in [0.3, 0.4) is 0 Å². The minimum absolute atomic E-state index is 0.0355. The third kappa shape index (κ3) is 3.93. The lowest BCUT2D eigenvalue weighted by molar-refractivity contribution is 0.0951. The third-order valence-electron chi connectivity index (χ3n) is 3.93. The highest BCUT2D eigenvalue weighted by molar-refractivity contribution is 7.13. The lowest BCUT2D eigenvalue weighted by Crippen LogP contribution is -2.28. The second kappa shape index (κ2) is 7.51. The molecule has 1 saturated heterocycles. The van der Waals surface area contributed by atoms with E-state index in [1.807, 2.05) is 29.6 Å². The van der Waals surface area contributed by atoms with Gasteiger partial charge in [-0.05, 0) is 62.5 Å². The first kappa shape index (κ1) is 15.2. The molecule has 1 aliphatic rings. The number of carbonyl (C=O) groups excluding carboxylic acids is 1. The van der Waals surface area contributed by atoms with Crippen LogP contribution in [0.15, 0.2) is 35.8 Å². The van der Waals surface area contributed by atoms with Gasteiger partial charge in [-0.2, -0.15) is 0 Å². The van der Waals surface area contributed by atoms with Gasteiger partial charge in [0, 0.05) is 12.7 Å². The summed E-state index contributed by atoms with van der Waals surface area (Å²) >= 11 is 1.65. The van der Waals surface area contributed by atoms with Crippen molar-refractivity contribution in [2.24, 2.45) is 0 Å². The maximum Gasteiger partial charge on any atom is 0.252 e. The zero-order valence-electron chi connectivity index (χ0n) is 12.6. The van der Waals surface area contributed by atoms with Gasteiger partial charge in [-0.25, -0.2) is 0 Å². The van der Waals surface area contributed by atoms with E-state index in [2.05, 4.69) is 15.2 Å². The van der Waals surface area contributed by atoms with Gasteiger partial charge in [0.15, 0.2) is 0 Å². The van der Waals surface area contributed by atoms with Crippen molar-refractivity contribution in [1.82, 2.24) is 15.2 Å². The van der Waals surface area contributed by atoms with E-state index >= 15 is 0 Å². The molecule has 0 unspecified atom stereocenters. The molecule has 22 heavy (non-hydrogen) atoms. The molecule has 0 aromatic carbocycles. The van der Waals surface area contributed by atoms with Crippen molar-refractivity contribution in [3.63, 3.8) is 0 Å². The molecule has 0 atom stereocenters. The van der Waals surface area contributed by atoms with Crippen LogP contribution in [0.1, 0.15) is 29.6 Å². The van der Waals surface area contributed by atoms with Crippen LogP contribution in [0.4, 0.5) is 0 Å². The standard InChI is InChI=1S/C17H21N3OS/c21-17(18-8-4-11-20-9-1-2-10-20)14-6-7-15(19-13-14)16-5-3-12-22-16/h3,5-7,12-13H,1-2,4,8-11H2,(H,18,21). The second-order valence-electron chi connectivity index (χ2n) is 5.57. The second-order valence-corrected chi connectivity index (χ2v) is 6.52. The number of aromatic nitrogens is 1. The average molecular weight is 315 g/mol. The van der Waals surface area contributed by atoms with Gasteiger partial charge >= 0.3 is 0 Å². The lowest BCUT2D eigenvalue weighted by Gasteiger charge is -2.14. The molecule has 4 nitrogen and oxygen atoms in total. The van der Waals surface area contributed by atoms with E-state index in [1.165, 1.54) is 25.9 Å². The number of carbonyl (C=O) groups is 1. The minimum Gasteiger partial charge on any atom is -0.352 e. The van der Waals surface area contributed by atoms with Crippen LogP contribution in [0.5, 0.6) is 0 Å². The summed E-state index contributed by atoms with van der Waals surface area (Å²) in [6, 6.07) is 7.79. The number of likely N-dealkylation sites (tertiary alicyclic amines) is 1. The van der Waals surface area contributed by atoms with E-state index in [0.717, 1.165) is 30.1 Å². The number of hydrogen-bond acceptors (Lipinski definition) is 4. The van der Waals surface area contributed by atoms with Crippen molar-refractivity contribution in [2.45, 2.75) is 19.3 Å². The van der Waals surface area contributed by atoms with Gasteiger partial charge in [-0.1, -0.05) is 6.07 Å². The molecule has 3 rings (SSSR count). The molecule has 0 bridgehead atoms. The Labute approximate surface area is 135 Å². The van der Waals surface area contributed by atoms with E-state index < -0.39 is 0 Å². The molecular weight excluding hydrogens is 294 g/mol. The van der Waals surface area contributed by atoms with Gasteiger partial charge in [0.25, 0.3) is 5.91 Å². The number of nitrogens with one attached hydrogen (secondary N) is 1. The molecule has 1 amide bonds. The fourth-order valence-corrected chi connectivity index (χ4v) is 3.41. The van der Waals surface area contributed by atoms with Gasteiger partial charge in [0.05, 0.1) is 16.1 Å². The first-order valence-electron chi connectivity index (χ1n) is 7.83. The summed E-state index contributed by atoms with van der Waals surface area (Å²) in [5, 5.41) is 5.00. The quantitative estimate of drug-likeness (QED) is 0.834. The molecular formula is C17H21N3OS. The molecule has 0 aliphatic carbocycles. The maximum atomic E-state index is 12.1. The Bertz CT molecular complexity index is 589. The number of rotatable bonds is 6. The van der Waals surface area contributed by atoms with E-state index in [0.29, 0.717) is 5.56 Å². The van der Waals surface area contributed by atoms with Crippen molar-refractivity contribution in [2.75, 3.05) is 26.2 Å². The van der Waals surface area contributed by atoms with E-state index in [1.54, 1.807) is 17.5 Å². The first-order chi connectivity index (χ1) is 10.8.